The lowest BCUT2D eigenvalue weighted by atomic mass is 9.72. The largest absolute Gasteiger partial charge is 0.345 e. The second-order valence-electron chi connectivity index (χ2n) is 8.76. The van der Waals surface area contributed by atoms with Gasteiger partial charge in [-0.2, -0.15) is 0 Å². The average Bonchev–Trinajstić information content (AvgIpc) is 3.15. The zero-order valence-corrected chi connectivity index (χ0v) is 16.4. The molecule has 0 aromatic heterocycles. The van der Waals surface area contributed by atoms with E-state index in [0.29, 0.717) is 18.9 Å². The van der Waals surface area contributed by atoms with E-state index in [-0.39, 0.29) is 17.2 Å². The summed E-state index contributed by atoms with van der Waals surface area (Å²) < 4.78 is 0. The van der Waals surface area contributed by atoms with Crippen molar-refractivity contribution in [2.75, 3.05) is 46.3 Å². The molecule has 5 heteroatoms. The molecule has 0 aliphatic carbocycles. The van der Waals surface area contributed by atoms with Crippen LogP contribution in [0.1, 0.15) is 43.6 Å². The van der Waals surface area contributed by atoms with Crippen molar-refractivity contribution < 1.29 is 9.59 Å². The summed E-state index contributed by atoms with van der Waals surface area (Å²) >= 11 is 0. The first-order chi connectivity index (χ1) is 13.0. The smallest absolute Gasteiger partial charge is 0.236 e. The first kappa shape index (κ1) is 18.5. The molecular weight excluding hydrogens is 338 g/mol. The van der Waals surface area contributed by atoms with Gasteiger partial charge in [0, 0.05) is 39.6 Å². The Morgan fingerprint density at radius 2 is 1.85 bits per heavy atom. The fourth-order valence-corrected chi connectivity index (χ4v) is 5.14. The Labute approximate surface area is 162 Å². The summed E-state index contributed by atoms with van der Waals surface area (Å²) in [5.74, 6) is 1.10. The third kappa shape index (κ3) is 4.03. The van der Waals surface area contributed by atoms with Gasteiger partial charge in [0.1, 0.15) is 0 Å². The van der Waals surface area contributed by atoms with Gasteiger partial charge in [0.15, 0.2) is 0 Å². The molecule has 4 rings (SSSR count). The number of benzene rings is 1. The molecule has 0 saturated carbocycles. The van der Waals surface area contributed by atoms with Gasteiger partial charge in [0.2, 0.25) is 11.8 Å². The molecule has 5 nitrogen and oxygen atoms in total. The molecule has 0 unspecified atom stereocenters. The fraction of sp³-hybridized carbons (Fsp3) is 0.636. The van der Waals surface area contributed by atoms with Gasteiger partial charge in [0.05, 0.1) is 6.54 Å². The predicted octanol–water partition coefficient (Wildman–Crippen LogP) is 2.34. The summed E-state index contributed by atoms with van der Waals surface area (Å²) in [6, 6.07) is 10.7. The Kier molecular flexibility index (Phi) is 5.22. The summed E-state index contributed by atoms with van der Waals surface area (Å²) in [5.41, 5.74) is 1.63. The number of hydrogen-bond donors (Lipinski definition) is 0. The highest BCUT2D eigenvalue weighted by atomic mass is 16.2. The van der Waals surface area contributed by atoms with E-state index in [4.69, 9.17) is 0 Å². The third-order valence-electron chi connectivity index (χ3n) is 6.95. The SMILES string of the molecule is CN1CC2(CCC1=O)CCN(C(=O)CN1CC[C@H](c3ccccc3)C1)CC2. The number of likely N-dealkylation sites (tertiary alicyclic amines) is 3. The van der Waals surface area contributed by atoms with Crippen molar-refractivity contribution in [2.45, 2.75) is 38.0 Å². The molecule has 3 saturated heterocycles. The van der Waals surface area contributed by atoms with Crippen LogP contribution in [-0.4, -0.2) is 72.8 Å². The lowest BCUT2D eigenvalue weighted by Crippen LogP contribution is -2.52. The number of carbonyl (C=O) groups is 2. The molecule has 3 heterocycles. The molecule has 1 aromatic rings. The Hall–Kier alpha value is -1.88. The molecule has 3 aliphatic heterocycles. The molecule has 1 aromatic carbocycles. The van der Waals surface area contributed by atoms with E-state index >= 15 is 0 Å². The van der Waals surface area contributed by atoms with Gasteiger partial charge >= 0.3 is 0 Å². The number of rotatable bonds is 3. The number of amides is 2. The van der Waals surface area contributed by atoms with Crippen LogP contribution < -0.4 is 0 Å². The van der Waals surface area contributed by atoms with Crippen LogP contribution in [0, 0.1) is 5.41 Å². The Bertz CT molecular complexity index is 682. The number of nitrogens with zero attached hydrogens (tertiary/aromatic N) is 3. The Morgan fingerprint density at radius 3 is 2.56 bits per heavy atom. The maximum Gasteiger partial charge on any atom is 0.236 e. The van der Waals surface area contributed by atoms with Crippen LogP contribution in [0.15, 0.2) is 30.3 Å². The van der Waals surface area contributed by atoms with E-state index in [2.05, 4.69) is 40.1 Å². The van der Waals surface area contributed by atoms with E-state index in [9.17, 15) is 9.59 Å². The number of carbonyl (C=O) groups excluding carboxylic acids is 2. The average molecular weight is 370 g/mol. The maximum atomic E-state index is 12.8. The Balaban J connectivity index is 1.26. The summed E-state index contributed by atoms with van der Waals surface area (Å²) in [6.45, 7) is 5.09. The van der Waals surface area contributed by atoms with Crippen LogP contribution in [0.4, 0.5) is 0 Å². The van der Waals surface area contributed by atoms with Crippen molar-refractivity contribution in [3.05, 3.63) is 35.9 Å². The van der Waals surface area contributed by atoms with Gasteiger partial charge in [-0.25, -0.2) is 0 Å². The second-order valence-corrected chi connectivity index (χ2v) is 8.76. The van der Waals surface area contributed by atoms with E-state index in [0.717, 1.165) is 58.4 Å². The molecule has 27 heavy (non-hydrogen) atoms. The van der Waals surface area contributed by atoms with E-state index in [1.165, 1.54) is 5.56 Å². The molecule has 0 bridgehead atoms. The normalized spacial score (nSPS) is 26.0. The van der Waals surface area contributed by atoms with Crippen molar-refractivity contribution in [3.8, 4) is 0 Å². The van der Waals surface area contributed by atoms with Crippen molar-refractivity contribution in [3.63, 3.8) is 0 Å². The van der Waals surface area contributed by atoms with Gasteiger partial charge in [-0.15, -0.1) is 0 Å². The van der Waals surface area contributed by atoms with Gasteiger partial charge in [0.25, 0.3) is 0 Å². The predicted molar refractivity (Wildman–Crippen MR) is 105 cm³/mol. The van der Waals surface area contributed by atoms with Crippen LogP contribution >= 0.6 is 0 Å². The lowest BCUT2D eigenvalue weighted by Gasteiger charge is -2.46. The first-order valence-corrected chi connectivity index (χ1v) is 10.3. The van der Waals surface area contributed by atoms with Crippen molar-refractivity contribution in [2.24, 2.45) is 5.41 Å². The highest BCUT2D eigenvalue weighted by Gasteiger charge is 2.40. The third-order valence-corrected chi connectivity index (χ3v) is 6.95. The fourth-order valence-electron chi connectivity index (χ4n) is 5.14. The summed E-state index contributed by atoms with van der Waals surface area (Å²) in [4.78, 5) is 30.8. The van der Waals surface area contributed by atoms with Crippen LogP contribution in [0.25, 0.3) is 0 Å². The molecule has 3 aliphatic rings. The minimum absolute atomic E-state index is 0.242. The van der Waals surface area contributed by atoms with Crippen molar-refractivity contribution in [1.82, 2.24) is 14.7 Å². The quantitative estimate of drug-likeness (QED) is 0.821. The summed E-state index contributed by atoms with van der Waals surface area (Å²) in [7, 11) is 1.91. The zero-order chi connectivity index (χ0) is 18.9. The molecule has 1 spiro atoms. The molecule has 1 atom stereocenters. The maximum absolute atomic E-state index is 12.8. The van der Waals surface area contributed by atoms with E-state index in [1.54, 1.807) is 0 Å². The molecular formula is C22H31N3O2. The molecule has 0 N–H and O–H groups in total. The molecule has 146 valence electrons. The van der Waals surface area contributed by atoms with Gasteiger partial charge in [-0.05, 0) is 49.1 Å². The van der Waals surface area contributed by atoms with Gasteiger partial charge in [-0.3, -0.25) is 14.5 Å². The summed E-state index contributed by atoms with van der Waals surface area (Å²) in [5, 5.41) is 0. The van der Waals surface area contributed by atoms with E-state index in [1.807, 2.05) is 11.9 Å². The summed E-state index contributed by atoms with van der Waals surface area (Å²) in [6.07, 6.45) is 4.86. The topological polar surface area (TPSA) is 43.9 Å². The van der Waals surface area contributed by atoms with Crippen LogP contribution in [0.2, 0.25) is 0 Å². The van der Waals surface area contributed by atoms with Crippen LogP contribution in [0.3, 0.4) is 0 Å². The zero-order valence-electron chi connectivity index (χ0n) is 16.4. The first-order valence-electron chi connectivity index (χ1n) is 10.3. The van der Waals surface area contributed by atoms with Crippen molar-refractivity contribution in [1.29, 1.82) is 0 Å². The highest BCUT2D eigenvalue weighted by molar-refractivity contribution is 5.79. The molecule has 2 amide bonds. The minimum Gasteiger partial charge on any atom is -0.345 e. The van der Waals surface area contributed by atoms with E-state index < -0.39 is 0 Å². The van der Waals surface area contributed by atoms with Crippen LogP contribution in [-0.2, 0) is 9.59 Å². The molecule has 0 radical (unpaired) electrons. The standard InChI is InChI=1S/C22H31N3O2/c1-23-17-22(9-7-20(23)26)10-13-25(14-11-22)21(27)16-24-12-8-19(15-24)18-5-3-2-4-6-18/h2-6,19H,7-17H2,1H3/t19-/m0/s1. The van der Waals surface area contributed by atoms with Crippen molar-refractivity contribution >= 4 is 11.8 Å². The highest BCUT2D eigenvalue weighted by Crippen LogP contribution is 2.39. The van der Waals surface area contributed by atoms with Gasteiger partial charge < -0.3 is 9.80 Å². The second kappa shape index (κ2) is 7.63. The monoisotopic (exact) mass is 369 g/mol. The minimum atomic E-state index is 0.242. The van der Waals surface area contributed by atoms with Gasteiger partial charge in [-0.1, -0.05) is 30.3 Å². The molecule has 3 fully saturated rings. The van der Waals surface area contributed by atoms with Crippen LogP contribution in [0.5, 0.6) is 0 Å². The number of piperidine rings is 2. The lowest BCUT2D eigenvalue weighted by molar-refractivity contribution is -0.141. The number of hydrogen-bond acceptors (Lipinski definition) is 3. The Morgan fingerprint density at radius 1 is 1.11 bits per heavy atom.